The molecule has 0 aromatic rings. The predicted molar refractivity (Wildman–Crippen MR) is 466 cm³/mol. The third-order valence-electron chi connectivity index (χ3n) is 21.1. The molecular weight excluding hydrogens is 1320 g/mol. The lowest BCUT2D eigenvalue weighted by atomic mass is 10.0. The molecule has 1 N–H and O–H groups in total. The van der Waals surface area contributed by atoms with Crippen molar-refractivity contribution in [2.75, 3.05) is 47.5 Å². The summed E-state index contributed by atoms with van der Waals surface area (Å²) in [6.07, 6.45) is 120. The molecule has 624 valence electrons. The third kappa shape index (κ3) is 89.6. The number of allylic oxidation sites excluding steroid dienone is 14. The van der Waals surface area contributed by atoms with Crippen LogP contribution >= 0.6 is 0 Å². The highest BCUT2D eigenvalue weighted by Gasteiger charge is 2.25. The van der Waals surface area contributed by atoms with Crippen molar-refractivity contribution < 1.29 is 42.9 Å². The van der Waals surface area contributed by atoms with Gasteiger partial charge in [0.15, 0.2) is 6.10 Å². The molecule has 2 unspecified atom stereocenters. The molecule has 0 aliphatic heterocycles. The first-order valence-electron chi connectivity index (χ1n) is 46.8. The maximum absolute atomic E-state index is 13.0. The summed E-state index contributed by atoms with van der Waals surface area (Å²) in [6.45, 7) is 4.83. The monoisotopic (exact) mass is 1500 g/mol. The van der Waals surface area contributed by atoms with E-state index >= 15 is 0 Å². The Labute approximate surface area is 665 Å². The first-order valence-corrected chi connectivity index (χ1v) is 46.8. The van der Waals surface area contributed by atoms with Crippen molar-refractivity contribution >= 4 is 17.9 Å². The highest BCUT2D eigenvalue weighted by atomic mass is 16.7. The number of esters is 2. The molecule has 0 rings (SSSR count). The standard InChI is InChI=1S/C98H179NO8/c1-6-8-10-12-14-16-18-20-22-24-26-28-30-32-34-36-38-40-42-44-46-48-50-52-54-56-58-60-62-64-66-68-70-72-74-76-78-80-82-84-86-88-95(100)105-92-94(93-106-98(97(102)103)104-91-90-99(3,4)5)107-96(101)89-87-85-83-81-79-77-75-73-71-69-67-65-63-61-59-57-55-53-51-49-47-45-43-41-39-37-35-33-31-29-27-25-23-21-19-17-15-13-11-9-7-2/h9,11,15,17-18,20-21,23-24,26-27,29-30,32,94,98H,6-8,10,12-14,16,19,22,25,28,31,33-93H2,1-5H3/p+1/b11-9-,17-15-,20-18-,23-21-,26-24-,29-27-,32-30-. The van der Waals surface area contributed by atoms with E-state index < -0.39 is 18.4 Å². The number of aliphatic carboxylic acids is 1. The maximum Gasteiger partial charge on any atom is 0.361 e. The van der Waals surface area contributed by atoms with Crippen LogP contribution in [0.1, 0.15) is 463 Å². The van der Waals surface area contributed by atoms with Gasteiger partial charge in [0.2, 0.25) is 0 Å². The van der Waals surface area contributed by atoms with Crippen LogP contribution in [0.3, 0.4) is 0 Å². The van der Waals surface area contributed by atoms with E-state index in [2.05, 4.69) is 98.9 Å². The van der Waals surface area contributed by atoms with Gasteiger partial charge in [-0.3, -0.25) is 9.59 Å². The number of ether oxygens (including phenoxy) is 4. The quantitative estimate of drug-likeness (QED) is 0.0211. The minimum Gasteiger partial charge on any atom is -0.477 e. The van der Waals surface area contributed by atoms with E-state index in [1.54, 1.807) is 0 Å². The number of nitrogens with zero attached hydrogens (tertiary/aromatic N) is 1. The number of rotatable bonds is 88. The number of carboxylic acids is 1. The molecular formula is C98H180NO8+. The Bertz CT molecular complexity index is 2050. The van der Waals surface area contributed by atoms with Crippen LogP contribution in [0.15, 0.2) is 85.1 Å². The van der Waals surface area contributed by atoms with Crippen molar-refractivity contribution in [2.45, 2.75) is 476 Å². The average Bonchev–Trinajstić information content (AvgIpc) is 0.965. The van der Waals surface area contributed by atoms with Crippen LogP contribution in [0.4, 0.5) is 0 Å². The topological polar surface area (TPSA) is 108 Å². The van der Waals surface area contributed by atoms with Crippen molar-refractivity contribution in [3.8, 4) is 0 Å². The van der Waals surface area contributed by atoms with E-state index in [-0.39, 0.29) is 38.2 Å². The van der Waals surface area contributed by atoms with Crippen LogP contribution in [0.2, 0.25) is 0 Å². The molecule has 2 atom stereocenters. The van der Waals surface area contributed by atoms with E-state index in [4.69, 9.17) is 18.9 Å². The van der Waals surface area contributed by atoms with Gasteiger partial charge in [-0.25, -0.2) is 4.79 Å². The van der Waals surface area contributed by atoms with E-state index in [1.807, 2.05) is 21.1 Å². The largest absolute Gasteiger partial charge is 0.477 e. The van der Waals surface area contributed by atoms with E-state index in [0.717, 1.165) is 77.0 Å². The van der Waals surface area contributed by atoms with E-state index in [9.17, 15) is 19.5 Å². The summed E-state index contributed by atoms with van der Waals surface area (Å²) in [5, 5.41) is 9.80. The lowest BCUT2D eigenvalue weighted by Crippen LogP contribution is -2.40. The Morgan fingerprint density at radius 1 is 0.290 bits per heavy atom. The van der Waals surface area contributed by atoms with Gasteiger partial charge < -0.3 is 28.5 Å². The Kier molecular flexibility index (Phi) is 85.1. The first-order chi connectivity index (χ1) is 52.6. The second kappa shape index (κ2) is 88.0. The number of quaternary nitrogens is 1. The maximum atomic E-state index is 13.0. The molecule has 9 nitrogen and oxygen atoms in total. The number of unbranched alkanes of at least 4 members (excludes halogenated alkanes) is 59. The number of likely N-dealkylation sites (N-methyl/N-ethyl adjacent to an activating group) is 1. The molecule has 0 aromatic heterocycles. The molecule has 0 radical (unpaired) electrons. The van der Waals surface area contributed by atoms with Crippen LogP contribution in [0.5, 0.6) is 0 Å². The second-order valence-corrected chi connectivity index (χ2v) is 32.9. The smallest absolute Gasteiger partial charge is 0.361 e. The van der Waals surface area contributed by atoms with Crippen LogP contribution in [0.25, 0.3) is 0 Å². The van der Waals surface area contributed by atoms with Gasteiger partial charge in [0, 0.05) is 12.8 Å². The van der Waals surface area contributed by atoms with Gasteiger partial charge in [-0.05, 0) is 89.9 Å². The van der Waals surface area contributed by atoms with Crippen molar-refractivity contribution in [3.63, 3.8) is 0 Å². The molecule has 0 aromatic carbocycles. The summed E-state index contributed by atoms with van der Waals surface area (Å²) in [7, 11) is 6.01. The molecule has 0 aliphatic carbocycles. The summed E-state index contributed by atoms with van der Waals surface area (Å²) in [5.41, 5.74) is 0. The number of carbonyl (C=O) groups is 3. The van der Waals surface area contributed by atoms with Gasteiger partial charge in [0.25, 0.3) is 6.29 Å². The SMILES string of the molecule is CC/C=C\C/C=C\C/C=C\C/C=C\CCCCCCCCCCCCCCCCCCCCCCCCCCCCCCC(=O)OC(COC(=O)CCCCCCCCCCCCCCCCCCCCCCCCCCCC/C=C\C/C=C\C/C=C\CCCCCCC)COC(OCC[N+](C)(C)C)C(=O)O. The van der Waals surface area contributed by atoms with Gasteiger partial charge in [-0.15, -0.1) is 0 Å². The molecule has 0 aliphatic rings. The second-order valence-electron chi connectivity index (χ2n) is 32.9. The normalized spacial score (nSPS) is 12.9. The van der Waals surface area contributed by atoms with Gasteiger partial charge in [0.05, 0.1) is 34.4 Å². The van der Waals surface area contributed by atoms with Gasteiger partial charge in [0.1, 0.15) is 13.2 Å². The Hall–Kier alpha value is -3.53. The van der Waals surface area contributed by atoms with Crippen molar-refractivity contribution in [2.24, 2.45) is 0 Å². The van der Waals surface area contributed by atoms with Gasteiger partial charge in [-0.2, -0.15) is 0 Å². The van der Waals surface area contributed by atoms with Crippen molar-refractivity contribution in [1.82, 2.24) is 0 Å². The first kappa shape index (κ1) is 103. The summed E-state index contributed by atoms with van der Waals surface area (Å²) in [4.78, 5) is 37.9. The molecule has 9 heteroatoms. The molecule has 0 fully saturated rings. The van der Waals surface area contributed by atoms with Crippen LogP contribution in [-0.2, 0) is 33.3 Å². The minimum absolute atomic E-state index is 0.176. The van der Waals surface area contributed by atoms with Crippen LogP contribution in [0, 0.1) is 0 Å². The predicted octanol–water partition coefficient (Wildman–Crippen LogP) is 30.8. The van der Waals surface area contributed by atoms with Crippen LogP contribution < -0.4 is 0 Å². The molecule has 0 saturated carbocycles. The third-order valence-corrected chi connectivity index (χ3v) is 21.1. The Morgan fingerprint density at radius 2 is 0.533 bits per heavy atom. The fourth-order valence-corrected chi connectivity index (χ4v) is 14.1. The van der Waals surface area contributed by atoms with Crippen LogP contribution in [-0.4, -0.2) is 87.4 Å². The zero-order chi connectivity index (χ0) is 77.4. The van der Waals surface area contributed by atoms with Gasteiger partial charge >= 0.3 is 17.9 Å². The summed E-state index contributed by atoms with van der Waals surface area (Å²) in [5.74, 6) is -1.97. The number of carbonyl (C=O) groups excluding carboxylic acids is 2. The Balaban J connectivity index is 3.88. The molecule has 0 spiro atoms. The lowest BCUT2D eigenvalue weighted by Gasteiger charge is -2.25. The van der Waals surface area contributed by atoms with Gasteiger partial charge in [-0.1, -0.05) is 446 Å². The van der Waals surface area contributed by atoms with E-state index in [1.165, 1.54) is 360 Å². The Morgan fingerprint density at radius 3 is 0.794 bits per heavy atom. The van der Waals surface area contributed by atoms with E-state index in [0.29, 0.717) is 17.4 Å². The zero-order valence-electron chi connectivity index (χ0n) is 71.8. The summed E-state index contributed by atoms with van der Waals surface area (Å²) < 4.78 is 23.1. The van der Waals surface area contributed by atoms with Crippen molar-refractivity contribution in [3.05, 3.63) is 85.1 Å². The fraction of sp³-hybridized carbons (Fsp3) is 0.827. The number of hydrogen-bond donors (Lipinski definition) is 1. The number of carboxylic acid groups (broad SMARTS) is 1. The lowest BCUT2D eigenvalue weighted by molar-refractivity contribution is -0.870. The highest BCUT2D eigenvalue weighted by molar-refractivity contribution is 5.71. The summed E-state index contributed by atoms with van der Waals surface area (Å²) in [6, 6.07) is 0. The molecule has 107 heavy (non-hydrogen) atoms. The molecule has 0 saturated heterocycles. The highest BCUT2D eigenvalue weighted by Crippen LogP contribution is 2.21. The van der Waals surface area contributed by atoms with Crippen molar-refractivity contribution in [1.29, 1.82) is 0 Å². The minimum atomic E-state index is -1.51. The molecule has 0 heterocycles. The summed E-state index contributed by atoms with van der Waals surface area (Å²) >= 11 is 0. The molecule has 0 bridgehead atoms. The molecule has 0 amide bonds. The number of hydrogen-bond acceptors (Lipinski definition) is 7. The fourth-order valence-electron chi connectivity index (χ4n) is 14.1. The average molecular weight is 1500 g/mol. The zero-order valence-corrected chi connectivity index (χ0v) is 71.8.